The quantitative estimate of drug-likeness (QED) is 0.906. The molecular formula is C19H23N3O4. The first kappa shape index (κ1) is 18.0. The fraction of sp³-hybridized carbons (Fsp3) is 0.421. The Kier molecular flexibility index (Phi) is 5.25. The van der Waals surface area contributed by atoms with Crippen molar-refractivity contribution in [2.75, 3.05) is 13.2 Å². The summed E-state index contributed by atoms with van der Waals surface area (Å²) < 4.78 is 12.6. The van der Waals surface area contributed by atoms with Gasteiger partial charge in [0.2, 0.25) is 0 Å². The van der Waals surface area contributed by atoms with Gasteiger partial charge in [0.25, 0.3) is 11.5 Å². The van der Waals surface area contributed by atoms with E-state index < -0.39 is 0 Å². The highest BCUT2D eigenvalue weighted by Crippen LogP contribution is 2.34. The molecule has 0 aliphatic carbocycles. The Morgan fingerprint density at radius 2 is 1.88 bits per heavy atom. The molecule has 3 rings (SSSR count). The number of nitrogens with zero attached hydrogens (tertiary/aromatic N) is 2. The number of hydrogen-bond donors (Lipinski definition) is 1. The SMILES string of the molecule is CC(C)[C@H](NC(=O)c1ccc(=O)n(C)n1)c1ccc2c(c1)OCCCO2. The molecule has 7 heteroatoms. The summed E-state index contributed by atoms with van der Waals surface area (Å²) in [6.45, 7) is 5.30. The van der Waals surface area contributed by atoms with Crippen LogP contribution in [-0.2, 0) is 7.05 Å². The van der Waals surface area contributed by atoms with Crippen LogP contribution < -0.4 is 20.3 Å². The van der Waals surface area contributed by atoms with Crippen molar-refractivity contribution in [3.63, 3.8) is 0 Å². The van der Waals surface area contributed by atoms with E-state index in [1.165, 1.54) is 19.2 Å². The first-order valence-electron chi connectivity index (χ1n) is 8.70. The summed E-state index contributed by atoms with van der Waals surface area (Å²) in [6.07, 6.45) is 0.840. The van der Waals surface area contributed by atoms with Gasteiger partial charge in [0.15, 0.2) is 11.5 Å². The first-order chi connectivity index (χ1) is 12.5. The Hall–Kier alpha value is -2.83. The van der Waals surface area contributed by atoms with Crippen molar-refractivity contribution < 1.29 is 14.3 Å². The van der Waals surface area contributed by atoms with E-state index in [2.05, 4.69) is 10.4 Å². The second-order valence-electron chi connectivity index (χ2n) is 6.63. The van der Waals surface area contributed by atoms with Crippen LogP contribution in [0.1, 0.15) is 42.4 Å². The lowest BCUT2D eigenvalue weighted by Gasteiger charge is -2.23. The van der Waals surface area contributed by atoms with E-state index in [0.29, 0.717) is 19.0 Å². The van der Waals surface area contributed by atoms with Gasteiger partial charge < -0.3 is 14.8 Å². The molecule has 7 nitrogen and oxygen atoms in total. The lowest BCUT2D eigenvalue weighted by Crippen LogP contribution is -2.33. The molecule has 2 heterocycles. The van der Waals surface area contributed by atoms with Gasteiger partial charge in [-0.05, 0) is 29.7 Å². The van der Waals surface area contributed by atoms with Gasteiger partial charge in [0.05, 0.1) is 19.3 Å². The van der Waals surface area contributed by atoms with Gasteiger partial charge in [-0.25, -0.2) is 4.68 Å². The van der Waals surface area contributed by atoms with E-state index in [0.717, 1.165) is 22.4 Å². The smallest absolute Gasteiger partial charge is 0.272 e. The fourth-order valence-corrected chi connectivity index (χ4v) is 2.85. The zero-order chi connectivity index (χ0) is 18.7. The summed E-state index contributed by atoms with van der Waals surface area (Å²) in [5.74, 6) is 1.24. The summed E-state index contributed by atoms with van der Waals surface area (Å²) in [6, 6.07) is 8.27. The van der Waals surface area contributed by atoms with Crippen LogP contribution in [0.15, 0.2) is 35.1 Å². The topological polar surface area (TPSA) is 82.5 Å². The van der Waals surface area contributed by atoms with E-state index in [1.54, 1.807) is 0 Å². The number of carbonyl (C=O) groups is 1. The maximum Gasteiger partial charge on any atom is 0.272 e. The summed E-state index contributed by atoms with van der Waals surface area (Å²) in [4.78, 5) is 24.0. The van der Waals surface area contributed by atoms with Gasteiger partial charge in [-0.1, -0.05) is 19.9 Å². The number of rotatable bonds is 4. The van der Waals surface area contributed by atoms with E-state index in [1.807, 2.05) is 32.0 Å². The van der Waals surface area contributed by atoms with E-state index in [-0.39, 0.29) is 29.1 Å². The van der Waals surface area contributed by atoms with Crippen LogP contribution in [-0.4, -0.2) is 28.9 Å². The predicted molar refractivity (Wildman–Crippen MR) is 96.6 cm³/mol. The highest BCUT2D eigenvalue weighted by atomic mass is 16.5. The molecule has 1 amide bonds. The molecule has 0 radical (unpaired) electrons. The van der Waals surface area contributed by atoms with Gasteiger partial charge in [-0.3, -0.25) is 9.59 Å². The summed E-state index contributed by atoms with van der Waals surface area (Å²) in [7, 11) is 1.52. The Labute approximate surface area is 151 Å². The second-order valence-corrected chi connectivity index (χ2v) is 6.63. The van der Waals surface area contributed by atoms with Crippen molar-refractivity contribution in [3.8, 4) is 11.5 Å². The van der Waals surface area contributed by atoms with E-state index >= 15 is 0 Å². The second kappa shape index (κ2) is 7.59. The Bertz CT molecular complexity index is 860. The molecule has 1 aromatic heterocycles. The van der Waals surface area contributed by atoms with Gasteiger partial charge in [-0.2, -0.15) is 5.10 Å². The third-order valence-corrected chi connectivity index (χ3v) is 4.28. The van der Waals surface area contributed by atoms with Gasteiger partial charge in [0.1, 0.15) is 5.69 Å². The molecule has 26 heavy (non-hydrogen) atoms. The maximum atomic E-state index is 12.6. The van der Waals surface area contributed by atoms with Crippen LogP contribution >= 0.6 is 0 Å². The van der Waals surface area contributed by atoms with Gasteiger partial charge in [-0.15, -0.1) is 0 Å². The highest BCUT2D eigenvalue weighted by molar-refractivity contribution is 5.92. The minimum Gasteiger partial charge on any atom is -0.490 e. The molecule has 1 N–H and O–H groups in total. The molecule has 1 aromatic carbocycles. The minimum atomic E-state index is -0.327. The number of aromatic nitrogens is 2. The number of benzene rings is 1. The number of amides is 1. The zero-order valence-corrected chi connectivity index (χ0v) is 15.2. The number of ether oxygens (including phenoxy) is 2. The normalized spacial score (nSPS) is 14.6. The van der Waals surface area contributed by atoms with E-state index in [4.69, 9.17) is 9.47 Å². The van der Waals surface area contributed by atoms with Crippen molar-refractivity contribution in [1.29, 1.82) is 0 Å². The third-order valence-electron chi connectivity index (χ3n) is 4.28. The number of nitrogens with one attached hydrogen (secondary N) is 1. The van der Waals surface area contributed by atoms with Crippen LogP contribution in [0.2, 0.25) is 0 Å². The van der Waals surface area contributed by atoms with Crippen molar-refractivity contribution >= 4 is 5.91 Å². The van der Waals surface area contributed by atoms with Crippen LogP contribution in [0.25, 0.3) is 0 Å². The Morgan fingerprint density at radius 3 is 2.58 bits per heavy atom. The summed E-state index contributed by atoms with van der Waals surface area (Å²) in [5, 5.41) is 7.01. The highest BCUT2D eigenvalue weighted by Gasteiger charge is 2.22. The van der Waals surface area contributed by atoms with Crippen molar-refractivity contribution in [2.24, 2.45) is 13.0 Å². The Morgan fingerprint density at radius 1 is 1.15 bits per heavy atom. The average Bonchev–Trinajstić information content (AvgIpc) is 2.86. The average molecular weight is 357 g/mol. The molecule has 0 bridgehead atoms. The van der Waals surface area contributed by atoms with Crippen LogP contribution in [0.5, 0.6) is 11.5 Å². The predicted octanol–water partition coefficient (Wildman–Crippen LogP) is 2.07. The lowest BCUT2D eigenvalue weighted by molar-refractivity contribution is 0.0918. The number of carbonyl (C=O) groups excluding carboxylic acids is 1. The maximum absolute atomic E-state index is 12.6. The van der Waals surface area contributed by atoms with Crippen LogP contribution in [0.4, 0.5) is 0 Å². The third kappa shape index (κ3) is 3.87. The monoisotopic (exact) mass is 357 g/mol. The molecule has 1 aliphatic heterocycles. The zero-order valence-electron chi connectivity index (χ0n) is 15.2. The summed E-state index contributed by atoms with van der Waals surface area (Å²) in [5.41, 5.74) is 0.874. The van der Waals surface area contributed by atoms with E-state index in [9.17, 15) is 9.59 Å². The van der Waals surface area contributed by atoms with Crippen LogP contribution in [0.3, 0.4) is 0 Å². The van der Waals surface area contributed by atoms with Crippen molar-refractivity contribution in [3.05, 3.63) is 51.9 Å². The molecule has 0 fully saturated rings. The van der Waals surface area contributed by atoms with Crippen molar-refractivity contribution in [1.82, 2.24) is 15.1 Å². The van der Waals surface area contributed by atoms with Gasteiger partial charge in [0, 0.05) is 19.5 Å². The van der Waals surface area contributed by atoms with Crippen LogP contribution in [0, 0.1) is 5.92 Å². The van der Waals surface area contributed by atoms with Gasteiger partial charge >= 0.3 is 0 Å². The molecular weight excluding hydrogens is 334 g/mol. The number of fused-ring (bicyclic) bond motifs is 1. The Balaban J connectivity index is 1.85. The minimum absolute atomic E-state index is 0.149. The standard InChI is InChI=1S/C19H23N3O4/c1-12(2)18(20-19(24)14-6-8-17(23)22(3)21-14)13-5-7-15-16(11-13)26-10-4-9-25-15/h5-8,11-12,18H,4,9-10H2,1-3H3,(H,20,24)/t18-/m0/s1. The molecule has 2 aromatic rings. The molecule has 1 aliphatic rings. The fourth-order valence-electron chi connectivity index (χ4n) is 2.85. The van der Waals surface area contributed by atoms with Crippen molar-refractivity contribution in [2.45, 2.75) is 26.3 Å². The largest absolute Gasteiger partial charge is 0.490 e. The number of hydrogen-bond acceptors (Lipinski definition) is 5. The molecule has 138 valence electrons. The first-order valence-corrected chi connectivity index (χ1v) is 8.70. The molecule has 1 atom stereocenters. The molecule has 0 unspecified atom stereocenters. The summed E-state index contributed by atoms with van der Waals surface area (Å²) >= 11 is 0. The molecule has 0 saturated carbocycles. The molecule has 0 spiro atoms. The molecule has 0 saturated heterocycles. The lowest BCUT2D eigenvalue weighted by atomic mass is 9.95. The number of aryl methyl sites for hydroxylation is 1.